The standard InChI is InChI=1S/C19H36N8O6/c1-9(2)14(18(32)33)27-17(31)12(6-7-13(21)28)26-15(29)10(3)25-16(30)11(20)5-4-8-24-19(22)23/h9-12,14H,4-8,20H2,1-3H3,(H2,21,28)(H,25,30)(H,26,29)(H,27,31)(H,32,33)(H4,22,23,24). The highest BCUT2D eigenvalue weighted by Gasteiger charge is 2.30. The summed E-state index contributed by atoms with van der Waals surface area (Å²) in [6.07, 6.45) is 0.344. The van der Waals surface area contributed by atoms with Crippen molar-refractivity contribution >= 4 is 35.6 Å². The minimum absolute atomic E-state index is 0.0729. The number of rotatable bonds is 15. The second-order valence-corrected chi connectivity index (χ2v) is 7.92. The third kappa shape index (κ3) is 12.3. The van der Waals surface area contributed by atoms with E-state index in [-0.39, 0.29) is 25.2 Å². The summed E-state index contributed by atoms with van der Waals surface area (Å²) in [7, 11) is 0. The molecule has 33 heavy (non-hydrogen) atoms. The molecule has 0 aliphatic heterocycles. The third-order valence-electron chi connectivity index (χ3n) is 4.60. The number of carboxylic acids is 1. The highest BCUT2D eigenvalue weighted by atomic mass is 16.4. The zero-order valence-corrected chi connectivity index (χ0v) is 19.2. The van der Waals surface area contributed by atoms with Gasteiger partial charge >= 0.3 is 5.97 Å². The summed E-state index contributed by atoms with van der Waals surface area (Å²) in [5.74, 6) is -4.55. The number of hydrogen-bond acceptors (Lipinski definition) is 7. The van der Waals surface area contributed by atoms with Gasteiger partial charge in [0.2, 0.25) is 23.6 Å². The van der Waals surface area contributed by atoms with Crippen molar-refractivity contribution in [1.29, 1.82) is 0 Å². The summed E-state index contributed by atoms with van der Waals surface area (Å²) in [6, 6.07) is -4.41. The lowest BCUT2D eigenvalue weighted by Gasteiger charge is -2.24. The average Bonchev–Trinajstić information content (AvgIpc) is 2.70. The summed E-state index contributed by atoms with van der Waals surface area (Å²) in [4.78, 5) is 63.6. The number of hydrogen-bond donors (Lipinski definition) is 8. The Morgan fingerprint density at radius 2 is 1.48 bits per heavy atom. The maximum absolute atomic E-state index is 12.6. The molecule has 14 nitrogen and oxygen atoms in total. The second-order valence-electron chi connectivity index (χ2n) is 7.92. The summed E-state index contributed by atoms with van der Waals surface area (Å²) in [5.41, 5.74) is 21.3. The minimum Gasteiger partial charge on any atom is -0.480 e. The van der Waals surface area contributed by atoms with Crippen LogP contribution in [0, 0.1) is 5.92 Å². The van der Waals surface area contributed by atoms with Gasteiger partial charge in [-0.2, -0.15) is 0 Å². The summed E-state index contributed by atoms with van der Waals surface area (Å²) in [5, 5.41) is 16.4. The second kappa shape index (κ2) is 14.6. The predicted molar refractivity (Wildman–Crippen MR) is 120 cm³/mol. The van der Waals surface area contributed by atoms with Gasteiger partial charge in [0.25, 0.3) is 0 Å². The van der Waals surface area contributed by atoms with Gasteiger partial charge in [0.15, 0.2) is 5.96 Å². The van der Waals surface area contributed by atoms with Gasteiger partial charge in [-0.15, -0.1) is 0 Å². The number of aliphatic carboxylic acids is 1. The maximum atomic E-state index is 12.6. The Labute approximate surface area is 192 Å². The lowest BCUT2D eigenvalue weighted by Crippen LogP contribution is -2.57. The van der Waals surface area contributed by atoms with Crippen LogP contribution >= 0.6 is 0 Å². The third-order valence-corrected chi connectivity index (χ3v) is 4.60. The molecule has 0 fully saturated rings. The number of nitrogens with zero attached hydrogens (tertiary/aromatic N) is 1. The molecule has 0 aromatic rings. The first-order valence-corrected chi connectivity index (χ1v) is 10.5. The van der Waals surface area contributed by atoms with Crippen molar-refractivity contribution in [3.8, 4) is 0 Å². The topological polar surface area (TPSA) is 258 Å². The number of aliphatic imine (C=N–C) groups is 1. The predicted octanol–water partition coefficient (Wildman–Crippen LogP) is -3.15. The van der Waals surface area contributed by atoms with Gasteiger partial charge in [-0.3, -0.25) is 24.2 Å². The molecule has 4 amide bonds. The van der Waals surface area contributed by atoms with E-state index in [9.17, 15) is 29.1 Å². The van der Waals surface area contributed by atoms with Crippen LogP contribution in [0.2, 0.25) is 0 Å². The SMILES string of the molecule is CC(NC(=O)C(N)CCCN=C(N)N)C(=O)NC(CCC(N)=O)C(=O)NC(C(=O)O)C(C)C. The lowest BCUT2D eigenvalue weighted by atomic mass is 10.0. The van der Waals surface area contributed by atoms with Crippen LogP contribution in [-0.2, 0) is 24.0 Å². The van der Waals surface area contributed by atoms with Gasteiger partial charge in [-0.25, -0.2) is 4.79 Å². The van der Waals surface area contributed by atoms with Gasteiger partial charge < -0.3 is 44.0 Å². The molecule has 0 aromatic heterocycles. The van der Waals surface area contributed by atoms with Crippen LogP contribution in [0.3, 0.4) is 0 Å². The number of carbonyl (C=O) groups excluding carboxylic acids is 4. The van der Waals surface area contributed by atoms with E-state index in [4.69, 9.17) is 22.9 Å². The molecule has 0 aliphatic carbocycles. The zero-order chi connectivity index (χ0) is 25.7. The number of guanidine groups is 1. The summed E-state index contributed by atoms with van der Waals surface area (Å²) >= 11 is 0. The van der Waals surface area contributed by atoms with E-state index in [1.54, 1.807) is 13.8 Å². The monoisotopic (exact) mass is 472 g/mol. The van der Waals surface area contributed by atoms with E-state index in [1.807, 2.05) is 0 Å². The van der Waals surface area contributed by atoms with Crippen molar-refractivity contribution in [3.05, 3.63) is 0 Å². The highest BCUT2D eigenvalue weighted by Crippen LogP contribution is 2.05. The molecular weight excluding hydrogens is 436 g/mol. The first kappa shape index (κ1) is 29.6. The number of nitrogens with one attached hydrogen (secondary N) is 3. The number of nitrogens with two attached hydrogens (primary N) is 4. The number of primary amides is 1. The van der Waals surface area contributed by atoms with E-state index in [0.717, 1.165) is 0 Å². The number of carbonyl (C=O) groups is 5. The quantitative estimate of drug-likeness (QED) is 0.0678. The molecule has 12 N–H and O–H groups in total. The molecule has 4 atom stereocenters. The van der Waals surface area contributed by atoms with Crippen molar-refractivity contribution in [2.45, 2.75) is 70.6 Å². The van der Waals surface area contributed by atoms with E-state index >= 15 is 0 Å². The zero-order valence-electron chi connectivity index (χ0n) is 19.2. The number of carboxylic acid groups (broad SMARTS) is 1. The molecule has 0 aromatic carbocycles. The van der Waals surface area contributed by atoms with E-state index in [1.165, 1.54) is 6.92 Å². The first-order valence-electron chi connectivity index (χ1n) is 10.5. The van der Waals surface area contributed by atoms with Crippen LogP contribution in [0.15, 0.2) is 4.99 Å². The lowest BCUT2D eigenvalue weighted by molar-refractivity contribution is -0.143. The van der Waals surface area contributed by atoms with Crippen LogP contribution in [0.25, 0.3) is 0 Å². The molecular formula is C19H36N8O6. The van der Waals surface area contributed by atoms with Crippen LogP contribution < -0.4 is 38.9 Å². The van der Waals surface area contributed by atoms with Crippen LogP contribution in [0.5, 0.6) is 0 Å². The smallest absolute Gasteiger partial charge is 0.326 e. The fourth-order valence-electron chi connectivity index (χ4n) is 2.66. The van der Waals surface area contributed by atoms with Gasteiger partial charge in [-0.05, 0) is 32.1 Å². The van der Waals surface area contributed by atoms with E-state index in [2.05, 4.69) is 20.9 Å². The molecule has 0 aliphatic rings. The molecule has 0 saturated heterocycles. The number of amides is 4. The minimum atomic E-state index is -1.24. The molecule has 0 heterocycles. The first-order chi connectivity index (χ1) is 15.3. The Morgan fingerprint density at radius 1 is 0.879 bits per heavy atom. The van der Waals surface area contributed by atoms with Gasteiger partial charge in [0.05, 0.1) is 6.04 Å². The fraction of sp³-hybridized carbons (Fsp3) is 0.684. The molecule has 0 radical (unpaired) electrons. The van der Waals surface area contributed by atoms with Gasteiger partial charge in [-0.1, -0.05) is 13.8 Å². The summed E-state index contributed by atoms with van der Waals surface area (Å²) in [6.45, 7) is 4.89. The molecule has 0 saturated carbocycles. The van der Waals surface area contributed by atoms with Crippen molar-refractivity contribution < 1.29 is 29.1 Å². The Kier molecular flexibility index (Phi) is 13.1. The maximum Gasteiger partial charge on any atom is 0.326 e. The van der Waals surface area contributed by atoms with Crippen molar-refractivity contribution in [2.75, 3.05) is 6.54 Å². The van der Waals surface area contributed by atoms with E-state index in [0.29, 0.717) is 13.0 Å². The Bertz CT molecular complexity index is 738. The van der Waals surface area contributed by atoms with Crippen molar-refractivity contribution in [1.82, 2.24) is 16.0 Å². The van der Waals surface area contributed by atoms with Crippen LogP contribution in [0.1, 0.15) is 46.5 Å². The summed E-state index contributed by atoms with van der Waals surface area (Å²) < 4.78 is 0. The molecule has 0 spiro atoms. The van der Waals surface area contributed by atoms with Crippen molar-refractivity contribution in [2.24, 2.45) is 33.8 Å². The Balaban J connectivity index is 5.03. The highest BCUT2D eigenvalue weighted by molar-refractivity contribution is 5.94. The van der Waals surface area contributed by atoms with Crippen LogP contribution in [0.4, 0.5) is 0 Å². The fourth-order valence-corrected chi connectivity index (χ4v) is 2.66. The van der Waals surface area contributed by atoms with Crippen LogP contribution in [-0.4, -0.2) is 71.4 Å². The van der Waals surface area contributed by atoms with Gasteiger partial charge in [0, 0.05) is 13.0 Å². The molecule has 0 rings (SSSR count). The Hall–Kier alpha value is -3.42. The molecule has 188 valence electrons. The largest absolute Gasteiger partial charge is 0.480 e. The van der Waals surface area contributed by atoms with Gasteiger partial charge in [0.1, 0.15) is 18.1 Å². The average molecular weight is 473 g/mol. The normalized spacial score (nSPS) is 14.3. The molecule has 14 heteroatoms. The van der Waals surface area contributed by atoms with E-state index < -0.39 is 59.7 Å². The molecule has 0 bridgehead atoms. The molecule has 4 unspecified atom stereocenters. The Morgan fingerprint density at radius 3 is 1.97 bits per heavy atom. The van der Waals surface area contributed by atoms with Crippen molar-refractivity contribution in [3.63, 3.8) is 0 Å².